The average Bonchev–Trinajstić information content (AvgIpc) is 2.78. The molecule has 1 saturated heterocycles. The fourth-order valence-electron chi connectivity index (χ4n) is 2.48. The van der Waals surface area contributed by atoms with E-state index in [1.165, 1.54) is 0 Å². The van der Waals surface area contributed by atoms with E-state index in [1.807, 2.05) is 6.92 Å². The molecule has 0 radical (unpaired) electrons. The summed E-state index contributed by atoms with van der Waals surface area (Å²) in [5.41, 5.74) is 1.37. The highest BCUT2D eigenvalue weighted by molar-refractivity contribution is 5.95. The molecule has 1 fully saturated rings. The third-order valence-electron chi connectivity index (χ3n) is 3.69. The van der Waals surface area contributed by atoms with Crippen molar-refractivity contribution in [1.82, 2.24) is 15.1 Å². The largest absolute Gasteiger partial charge is 0.393 e. The van der Waals surface area contributed by atoms with Gasteiger partial charge in [-0.15, -0.1) is 0 Å². The van der Waals surface area contributed by atoms with Crippen LogP contribution in [0, 0.1) is 5.92 Å². The van der Waals surface area contributed by atoms with Crippen molar-refractivity contribution >= 4 is 11.6 Å². The molecule has 1 aliphatic rings. The van der Waals surface area contributed by atoms with E-state index in [0.717, 1.165) is 5.69 Å². The molecular weight excluding hydrogens is 285 g/mol. The summed E-state index contributed by atoms with van der Waals surface area (Å²) in [6.45, 7) is 1.71. The zero-order chi connectivity index (χ0) is 15.6. The van der Waals surface area contributed by atoms with Crippen LogP contribution in [0.1, 0.15) is 25.5 Å². The summed E-state index contributed by atoms with van der Waals surface area (Å²) >= 11 is 0. The topological polar surface area (TPSA) is 59.0 Å². The summed E-state index contributed by atoms with van der Waals surface area (Å²) in [7, 11) is 1.75. The zero-order valence-electron chi connectivity index (χ0n) is 12.0. The monoisotopic (exact) mass is 304 g/mol. The van der Waals surface area contributed by atoms with Crippen molar-refractivity contribution in [2.75, 3.05) is 11.9 Å². The SMILES string of the molecule is CCc1nn(C)cc1NC(=O)C1CCC(C(F)(F)F)CN1. The Morgan fingerprint density at radius 2 is 2.24 bits per heavy atom. The molecule has 0 bridgehead atoms. The first kappa shape index (κ1) is 15.8. The zero-order valence-corrected chi connectivity index (χ0v) is 12.0. The third-order valence-corrected chi connectivity index (χ3v) is 3.69. The molecule has 118 valence electrons. The molecule has 5 nitrogen and oxygen atoms in total. The molecule has 2 atom stereocenters. The number of aromatic nitrogens is 2. The lowest BCUT2D eigenvalue weighted by atomic mass is 9.94. The minimum atomic E-state index is -4.20. The number of amides is 1. The first-order valence-corrected chi connectivity index (χ1v) is 6.94. The van der Waals surface area contributed by atoms with Gasteiger partial charge in [0.2, 0.25) is 5.91 Å². The number of anilines is 1. The molecule has 8 heteroatoms. The summed E-state index contributed by atoms with van der Waals surface area (Å²) in [4.78, 5) is 12.1. The molecule has 2 heterocycles. The van der Waals surface area contributed by atoms with Crippen LogP contribution in [-0.4, -0.2) is 34.5 Å². The van der Waals surface area contributed by atoms with Crippen molar-refractivity contribution in [3.63, 3.8) is 0 Å². The molecule has 2 rings (SSSR count). The maximum atomic E-state index is 12.6. The number of carbonyl (C=O) groups excluding carboxylic acids is 1. The van der Waals surface area contributed by atoms with E-state index in [4.69, 9.17) is 0 Å². The summed E-state index contributed by atoms with van der Waals surface area (Å²) in [6, 6.07) is -0.589. The molecule has 1 aromatic heterocycles. The van der Waals surface area contributed by atoms with Crippen molar-refractivity contribution in [2.24, 2.45) is 13.0 Å². The molecule has 1 aromatic rings. The minimum absolute atomic E-state index is 0.0255. The Labute approximate surface area is 120 Å². The third kappa shape index (κ3) is 3.75. The van der Waals surface area contributed by atoms with Crippen molar-refractivity contribution in [3.05, 3.63) is 11.9 Å². The van der Waals surface area contributed by atoms with Gasteiger partial charge in [0.25, 0.3) is 0 Å². The predicted octanol–water partition coefficient (Wildman–Crippen LogP) is 1.85. The quantitative estimate of drug-likeness (QED) is 0.896. The van der Waals surface area contributed by atoms with E-state index in [0.29, 0.717) is 12.1 Å². The molecule has 0 spiro atoms. The Morgan fingerprint density at radius 3 is 2.76 bits per heavy atom. The van der Waals surface area contributed by atoms with Crippen LogP contribution in [0.4, 0.5) is 18.9 Å². The fourth-order valence-corrected chi connectivity index (χ4v) is 2.48. The second-order valence-corrected chi connectivity index (χ2v) is 5.28. The number of nitrogens with one attached hydrogen (secondary N) is 2. The van der Waals surface area contributed by atoms with Gasteiger partial charge in [-0.25, -0.2) is 0 Å². The Bertz CT molecular complexity index is 504. The maximum absolute atomic E-state index is 12.6. The van der Waals surface area contributed by atoms with Gasteiger partial charge in [0.15, 0.2) is 0 Å². The van der Waals surface area contributed by atoms with Gasteiger partial charge in [-0.1, -0.05) is 6.92 Å². The Hall–Kier alpha value is -1.57. The van der Waals surface area contributed by atoms with Crippen molar-refractivity contribution < 1.29 is 18.0 Å². The Kier molecular flexibility index (Phi) is 4.55. The lowest BCUT2D eigenvalue weighted by Crippen LogP contribution is -2.49. The highest BCUT2D eigenvalue weighted by atomic mass is 19.4. The molecule has 1 amide bonds. The van der Waals surface area contributed by atoms with Crippen LogP contribution < -0.4 is 10.6 Å². The molecule has 21 heavy (non-hydrogen) atoms. The second kappa shape index (κ2) is 6.05. The number of piperidine rings is 1. The van der Waals surface area contributed by atoms with Gasteiger partial charge in [-0.05, 0) is 19.3 Å². The van der Waals surface area contributed by atoms with Gasteiger partial charge in [0, 0.05) is 19.8 Å². The molecular formula is C13H19F3N4O. The predicted molar refractivity (Wildman–Crippen MR) is 71.8 cm³/mol. The van der Waals surface area contributed by atoms with E-state index in [1.54, 1.807) is 17.9 Å². The van der Waals surface area contributed by atoms with E-state index < -0.39 is 18.1 Å². The van der Waals surface area contributed by atoms with E-state index in [-0.39, 0.29) is 25.3 Å². The van der Waals surface area contributed by atoms with Gasteiger partial charge in [-0.2, -0.15) is 18.3 Å². The Balaban J connectivity index is 1.93. The molecule has 1 aliphatic heterocycles. The fraction of sp³-hybridized carbons (Fsp3) is 0.692. The van der Waals surface area contributed by atoms with Crippen LogP contribution in [-0.2, 0) is 18.3 Å². The highest BCUT2D eigenvalue weighted by Gasteiger charge is 2.42. The summed E-state index contributed by atoms with van der Waals surface area (Å²) in [5.74, 6) is -1.68. The molecule has 2 unspecified atom stereocenters. The highest BCUT2D eigenvalue weighted by Crippen LogP contribution is 2.32. The van der Waals surface area contributed by atoms with Gasteiger partial charge < -0.3 is 10.6 Å². The number of nitrogens with zero attached hydrogens (tertiary/aromatic N) is 2. The number of aryl methyl sites for hydroxylation is 2. The van der Waals surface area contributed by atoms with Crippen LogP contribution in [0.15, 0.2) is 6.20 Å². The van der Waals surface area contributed by atoms with Gasteiger partial charge in [0.05, 0.1) is 23.3 Å². The number of halogens is 3. The number of alkyl halides is 3. The first-order valence-electron chi connectivity index (χ1n) is 6.94. The number of hydrogen-bond acceptors (Lipinski definition) is 3. The average molecular weight is 304 g/mol. The van der Waals surface area contributed by atoms with E-state index in [9.17, 15) is 18.0 Å². The van der Waals surface area contributed by atoms with Gasteiger partial charge >= 0.3 is 6.18 Å². The normalized spacial score (nSPS) is 23.1. The molecule has 0 saturated carbocycles. The van der Waals surface area contributed by atoms with E-state index in [2.05, 4.69) is 15.7 Å². The van der Waals surface area contributed by atoms with Crippen molar-refractivity contribution in [3.8, 4) is 0 Å². The second-order valence-electron chi connectivity index (χ2n) is 5.28. The van der Waals surface area contributed by atoms with Crippen molar-refractivity contribution in [1.29, 1.82) is 0 Å². The maximum Gasteiger partial charge on any atom is 0.393 e. The number of carbonyl (C=O) groups is 1. The molecule has 0 aliphatic carbocycles. The van der Waals surface area contributed by atoms with Crippen LogP contribution in [0.2, 0.25) is 0 Å². The van der Waals surface area contributed by atoms with Crippen LogP contribution in [0.25, 0.3) is 0 Å². The smallest absolute Gasteiger partial charge is 0.322 e. The number of hydrogen-bond donors (Lipinski definition) is 2. The molecule has 2 N–H and O–H groups in total. The number of rotatable bonds is 3. The standard InChI is InChI=1S/C13H19F3N4O/c1-3-9-11(7-20(2)19-9)18-12(21)10-5-4-8(6-17-10)13(14,15)16/h7-8,10,17H,3-6H2,1-2H3,(H,18,21). The minimum Gasteiger partial charge on any atom is -0.322 e. The summed E-state index contributed by atoms with van der Waals surface area (Å²) < 4.78 is 39.3. The Morgan fingerprint density at radius 1 is 1.52 bits per heavy atom. The first-order chi connectivity index (χ1) is 9.81. The summed E-state index contributed by atoms with van der Waals surface area (Å²) in [5, 5.41) is 9.62. The summed E-state index contributed by atoms with van der Waals surface area (Å²) in [6.07, 6.45) is -1.68. The van der Waals surface area contributed by atoms with Crippen LogP contribution in [0.3, 0.4) is 0 Å². The molecule has 0 aromatic carbocycles. The van der Waals surface area contributed by atoms with Gasteiger partial charge in [0.1, 0.15) is 0 Å². The van der Waals surface area contributed by atoms with Crippen LogP contribution >= 0.6 is 0 Å². The van der Waals surface area contributed by atoms with Crippen molar-refractivity contribution in [2.45, 2.75) is 38.4 Å². The lowest BCUT2D eigenvalue weighted by Gasteiger charge is -2.30. The van der Waals surface area contributed by atoms with Gasteiger partial charge in [-0.3, -0.25) is 9.48 Å². The lowest BCUT2D eigenvalue weighted by molar-refractivity contribution is -0.180. The van der Waals surface area contributed by atoms with E-state index >= 15 is 0 Å². The van der Waals surface area contributed by atoms with Crippen LogP contribution in [0.5, 0.6) is 0 Å².